The molecule has 0 atom stereocenters. The summed E-state index contributed by atoms with van der Waals surface area (Å²) in [5.74, 6) is -0.861. The van der Waals surface area contributed by atoms with E-state index < -0.39 is 5.82 Å². The molecule has 0 fully saturated rings. The van der Waals surface area contributed by atoms with E-state index in [-0.39, 0.29) is 16.4 Å². The van der Waals surface area contributed by atoms with Crippen molar-refractivity contribution in [1.29, 1.82) is 0 Å². The molecule has 3 nitrogen and oxygen atoms in total. The zero-order valence-electron chi connectivity index (χ0n) is 10.8. The van der Waals surface area contributed by atoms with Gasteiger partial charge in [0.25, 0.3) is 0 Å². The van der Waals surface area contributed by atoms with Crippen LogP contribution in [0.15, 0.2) is 60.9 Å². The third-order valence-electron chi connectivity index (χ3n) is 3.04. The molecular formula is C16H10ClFN2O. The Balaban J connectivity index is 1.96. The highest BCUT2D eigenvalue weighted by molar-refractivity contribution is 6.34. The fraction of sp³-hybridized carbons (Fsp3) is 0. The Morgan fingerprint density at radius 2 is 1.90 bits per heavy atom. The molecule has 0 aliphatic rings. The van der Waals surface area contributed by atoms with E-state index in [1.54, 1.807) is 10.9 Å². The lowest BCUT2D eigenvalue weighted by Gasteiger charge is -2.02. The first kappa shape index (κ1) is 13.5. The molecule has 0 aliphatic carbocycles. The molecule has 0 amide bonds. The molecule has 1 aromatic heterocycles. The summed E-state index contributed by atoms with van der Waals surface area (Å²) in [4.78, 5) is 12.4. The molecule has 1 heterocycles. The number of rotatable bonds is 3. The van der Waals surface area contributed by atoms with E-state index in [4.69, 9.17) is 11.6 Å². The molecule has 0 unspecified atom stereocenters. The summed E-state index contributed by atoms with van der Waals surface area (Å²) in [6.45, 7) is 0. The summed E-state index contributed by atoms with van der Waals surface area (Å²) in [6, 6.07) is 13.1. The average Bonchev–Trinajstić information content (AvgIpc) is 3.00. The molecule has 0 bridgehead atoms. The lowest BCUT2D eigenvalue weighted by Crippen LogP contribution is -2.02. The fourth-order valence-electron chi connectivity index (χ4n) is 1.99. The number of nitrogens with zero attached hydrogens (tertiary/aromatic N) is 2. The van der Waals surface area contributed by atoms with Crippen LogP contribution in [0.25, 0.3) is 5.69 Å². The van der Waals surface area contributed by atoms with E-state index in [9.17, 15) is 9.18 Å². The summed E-state index contributed by atoms with van der Waals surface area (Å²) >= 11 is 5.95. The summed E-state index contributed by atoms with van der Waals surface area (Å²) in [6.07, 6.45) is 3.04. The van der Waals surface area contributed by atoms with Gasteiger partial charge in [-0.2, -0.15) is 5.10 Å². The predicted octanol–water partition coefficient (Wildman–Crippen LogP) is 3.90. The van der Waals surface area contributed by atoms with Crippen LogP contribution < -0.4 is 0 Å². The lowest BCUT2D eigenvalue weighted by atomic mass is 10.1. The molecule has 3 aromatic rings. The molecule has 3 rings (SSSR count). The van der Waals surface area contributed by atoms with Crippen LogP contribution in [-0.2, 0) is 0 Å². The number of hydrogen-bond donors (Lipinski definition) is 0. The number of benzene rings is 2. The molecule has 0 aliphatic heterocycles. The summed E-state index contributed by atoms with van der Waals surface area (Å²) in [5, 5.41) is 4.36. The normalized spacial score (nSPS) is 10.6. The van der Waals surface area contributed by atoms with Crippen molar-refractivity contribution in [2.75, 3.05) is 0 Å². The van der Waals surface area contributed by atoms with E-state index in [2.05, 4.69) is 5.10 Å². The van der Waals surface area contributed by atoms with Gasteiger partial charge in [0.05, 0.1) is 22.5 Å². The third-order valence-corrected chi connectivity index (χ3v) is 3.37. The number of halogens is 2. The SMILES string of the molecule is O=C(c1cnn(-c2ccccc2)c1)c1cc(F)ccc1Cl. The second kappa shape index (κ2) is 5.50. The number of ketones is 1. The molecule has 0 N–H and O–H groups in total. The minimum absolute atomic E-state index is 0.129. The van der Waals surface area contributed by atoms with Gasteiger partial charge in [0.1, 0.15) is 5.82 Å². The maximum atomic E-state index is 13.3. The molecule has 21 heavy (non-hydrogen) atoms. The van der Waals surface area contributed by atoms with Crippen molar-refractivity contribution in [3.63, 3.8) is 0 Å². The first-order valence-electron chi connectivity index (χ1n) is 6.25. The molecule has 2 aromatic carbocycles. The van der Waals surface area contributed by atoms with Crippen molar-refractivity contribution in [3.05, 3.63) is 82.9 Å². The highest BCUT2D eigenvalue weighted by atomic mass is 35.5. The van der Waals surface area contributed by atoms with Gasteiger partial charge in [-0.3, -0.25) is 4.79 Å². The first-order valence-corrected chi connectivity index (χ1v) is 6.63. The largest absolute Gasteiger partial charge is 0.288 e. The van der Waals surface area contributed by atoms with Gasteiger partial charge >= 0.3 is 0 Å². The van der Waals surface area contributed by atoms with Crippen molar-refractivity contribution in [3.8, 4) is 5.69 Å². The highest BCUT2D eigenvalue weighted by Gasteiger charge is 2.16. The highest BCUT2D eigenvalue weighted by Crippen LogP contribution is 2.21. The lowest BCUT2D eigenvalue weighted by molar-refractivity contribution is 0.103. The van der Waals surface area contributed by atoms with E-state index >= 15 is 0 Å². The number of hydrogen-bond acceptors (Lipinski definition) is 2. The Bertz CT molecular complexity index is 799. The van der Waals surface area contributed by atoms with Crippen molar-refractivity contribution >= 4 is 17.4 Å². The Morgan fingerprint density at radius 1 is 1.14 bits per heavy atom. The molecule has 0 radical (unpaired) electrons. The smallest absolute Gasteiger partial charge is 0.197 e. The number of carbonyl (C=O) groups excluding carboxylic acids is 1. The molecule has 0 saturated carbocycles. The quantitative estimate of drug-likeness (QED) is 0.688. The monoisotopic (exact) mass is 300 g/mol. The van der Waals surface area contributed by atoms with Crippen LogP contribution in [0.5, 0.6) is 0 Å². The van der Waals surface area contributed by atoms with Crippen LogP contribution in [0, 0.1) is 5.82 Å². The van der Waals surface area contributed by atoms with Crippen molar-refractivity contribution in [2.24, 2.45) is 0 Å². The summed E-state index contributed by atoms with van der Waals surface area (Å²) in [5.41, 5.74) is 1.32. The molecule has 5 heteroatoms. The Labute approximate surface area is 125 Å². The number of aromatic nitrogens is 2. The van der Waals surface area contributed by atoms with Gasteiger partial charge in [-0.25, -0.2) is 9.07 Å². The second-order valence-corrected chi connectivity index (χ2v) is 4.87. The second-order valence-electron chi connectivity index (χ2n) is 4.46. The third kappa shape index (κ3) is 2.71. The van der Waals surface area contributed by atoms with Gasteiger partial charge in [-0.1, -0.05) is 29.8 Å². The Kier molecular flexibility index (Phi) is 3.54. The fourth-order valence-corrected chi connectivity index (χ4v) is 2.19. The Morgan fingerprint density at radius 3 is 2.67 bits per heavy atom. The van der Waals surface area contributed by atoms with Crippen LogP contribution in [0.4, 0.5) is 4.39 Å². The van der Waals surface area contributed by atoms with Crippen LogP contribution in [0.3, 0.4) is 0 Å². The van der Waals surface area contributed by atoms with Crippen LogP contribution >= 0.6 is 11.6 Å². The van der Waals surface area contributed by atoms with Gasteiger partial charge in [-0.05, 0) is 30.3 Å². The topological polar surface area (TPSA) is 34.9 Å². The zero-order chi connectivity index (χ0) is 14.8. The summed E-state index contributed by atoms with van der Waals surface area (Å²) < 4.78 is 14.8. The average molecular weight is 301 g/mol. The standard InChI is InChI=1S/C16H10ClFN2O/c17-15-7-6-12(18)8-14(15)16(21)11-9-19-20(10-11)13-4-2-1-3-5-13/h1-10H. The predicted molar refractivity (Wildman–Crippen MR) is 78.4 cm³/mol. The van der Waals surface area contributed by atoms with Gasteiger partial charge in [0.2, 0.25) is 0 Å². The van der Waals surface area contributed by atoms with Crippen molar-refractivity contribution in [2.45, 2.75) is 0 Å². The van der Waals surface area contributed by atoms with E-state index in [1.165, 1.54) is 18.3 Å². The number of para-hydroxylation sites is 1. The first-order chi connectivity index (χ1) is 10.1. The van der Waals surface area contributed by atoms with Crippen molar-refractivity contribution < 1.29 is 9.18 Å². The minimum atomic E-state index is -0.502. The van der Waals surface area contributed by atoms with Crippen molar-refractivity contribution in [1.82, 2.24) is 9.78 Å². The Hall–Kier alpha value is -2.46. The van der Waals surface area contributed by atoms with Gasteiger partial charge in [0, 0.05) is 11.8 Å². The maximum Gasteiger partial charge on any atom is 0.197 e. The molecular weight excluding hydrogens is 291 g/mol. The number of carbonyl (C=O) groups is 1. The van der Waals surface area contributed by atoms with E-state index in [0.29, 0.717) is 5.56 Å². The van der Waals surface area contributed by atoms with Crippen LogP contribution in [-0.4, -0.2) is 15.6 Å². The zero-order valence-corrected chi connectivity index (χ0v) is 11.6. The van der Waals surface area contributed by atoms with E-state index in [1.807, 2.05) is 30.3 Å². The van der Waals surface area contributed by atoms with Gasteiger partial charge in [-0.15, -0.1) is 0 Å². The maximum absolute atomic E-state index is 13.3. The van der Waals surface area contributed by atoms with Gasteiger partial charge in [0.15, 0.2) is 5.78 Å². The van der Waals surface area contributed by atoms with Crippen LogP contribution in [0.2, 0.25) is 5.02 Å². The van der Waals surface area contributed by atoms with Crippen LogP contribution in [0.1, 0.15) is 15.9 Å². The van der Waals surface area contributed by atoms with E-state index in [0.717, 1.165) is 11.8 Å². The molecule has 104 valence electrons. The minimum Gasteiger partial charge on any atom is -0.288 e. The molecule has 0 saturated heterocycles. The summed E-state index contributed by atoms with van der Waals surface area (Å²) in [7, 11) is 0. The molecule has 0 spiro atoms. The van der Waals surface area contributed by atoms with Gasteiger partial charge < -0.3 is 0 Å².